The van der Waals surface area contributed by atoms with Gasteiger partial charge in [-0.1, -0.05) is 11.6 Å². The molecule has 8 heteroatoms. The largest absolute Gasteiger partial charge is 0.357 e. The Morgan fingerprint density at radius 3 is 2.85 bits per heavy atom. The smallest absolute Gasteiger partial charge is 0.224 e. The molecule has 2 N–H and O–H groups in total. The Bertz CT molecular complexity index is 772. The third-order valence-corrected chi connectivity index (χ3v) is 3.57. The summed E-state index contributed by atoms with van der Waals surface area (Å²) in [5.74, 6) is 1.21. The van der Waals surface area contributed by atoms with Gasteiger partial charge in [-0.25, -0.2) is 4.98 Å². The molecule has 6 nitrogen and oxygen atoms in total. The van der Waals surface area contributed by atoms with Crippen LogP contribution < -0.4 is 10.6 Å². The number of aryl methyl sites for hydroxylation is 1. The lowest BCUT2D eigenvalue weighted by atomic mass is 10.2. The van der Waals surface area contributed by atoms with E-state index >= 15 is 0 Å². The minimum Gasteiger partial charge on any atom is -0.357 e. The summed E-state index contributed by atoms with van der Waals surface area (Å²) >= 11 is 7.39. The second kappa shape index (κ2) is 5.18. The summed E-state index contributed by atoms with van der Waals surface area (Å²) in [6.45, 7) is 1.90. The summed E-state index contributed by atoms with van der Waals surface area (Å²) in [6, 6.07) is 5.48. The third-order valence-electron chi connectivity index (χ3n) is 2.71. The number of fused-ring (bicyclic) bond motifs is 1. The molecule has 0 amide bonds. The van der Waals surface area contributed by atoms with E-state index in [4.69, 9.17) is 11.6 Å². The molecule has 0 fully saturated rings. The van der Waals surface area contributed by atoms with Crippen LogP contribution in [0.5, 0.6) is 0 Å². The number of anilines is 3. The highest BCUT2D eigenvalue weighted by atomic mass is 35.5. The molecule has 0 aliphatic heterocycles. The molecule has 20 heavy (non-hydrogen) atoms. The van der Waals surface area contributed by atoms with Gasteiger partial charge in [0.25, 0.3) is 0 Å². The molecule has 0 unspecified atom stereocenters. The lowest BCUT2D eigenvalue weighted by Crippen LogP contribution is -2.02. The van der Waals surface area contributed by atoms with Gasteiger partial charge >= 0.3 is 0 Å². The van der Waals surface area contributed by atoms with E-state index in [0.29, 0.717) is 22.5 Å². The summed E-state index contributed by atoms with van der Waals surface area (Å²) < 4.78 is 8.47. The van der Waals surface area contributed by atoms with Gasteiger partial charge in [-0.2, -0.15) is 13.7 Å². The minimum atomic E-state index is 0.548. The van der Waals surface area contributed by atoms with Crippen LogP contribution >= 0.6 is 23.3 Å². The van der Waals surface area contributed by atoms with Crippen LogP contribution in [0, 0.1) is 6.92 Å². The van der Waals surface area contributed by atoms with E-state index in [2.05, 4.69) is 29.3 Å². The first-order chi connectivity index (χ1) is 9.67. The summed E-state index contributed by atoms with van der Waals surface area (Å²) in [6.07, 6.45) is 0. The molecular formula is C12H11ClN6S. The topological polar surface area (TPSA) is 75.6 Å². The summed E-state index contributed by atoms with van der Waals surface area (Å²) in [5, 5.41) is 6.69. The fourth-order valence-corrected chi connectivity index (χ4v) is 2.56. The molecule has 0 bridgehead atoms. The van der Waals surface area contributed by atoms with Crippen molar-refractivity contribution in [2.75, 3.05) is 17.7 Å². The summed E-state index contributed by atoms with van der Waals surface area (Å²) in [4.78, 5) is 8.59. The quantitative estimate of drug-likeness (QED) is 0.774. The van der Waals surface area contributed by atoms with E-state index in [9.17, 15) is 0 Å². The normalized spacial score (nSPS) is 10.8. The highest BCUT2D eigenvalue weighted by Gasteiger charge is 2.11. The van der Waals surface area contributed by atoms with Crippen LogP contribution in [0.4, 0.5) is 17.5 Å². The van der Waals surface area contributed by atoms with Crippen molar-refractivity contribution in [3.8, 4) is 0 Å². The average Bonchev–Trinajstić information content (AvgIpc) is 2.90. The number of benzene rings is 1. The number of hydrogen-bond acceptors (Lipinski definition) is 7. The van der Waals surface area contributed by atoms with Crippen LogP contribution in [-0.4, -0.2) is 25.8 Å². The van der Waals surface area contributed by atoms with Gasteiger partial charge in [-0.05, 0) is 19.1 Å². The maximum Gasteiger partial charge on any atom is 0.224 e. The molecule has 0 radical (unpaired) electrons. The van der Waals surface area contributed by atoms with Gasteiger partial charge in [0.2, 0.25) is 5.95 Å². The van der Waals surface area contributed by atoms with Gasteiger partial charge in [0.15, 0.2) is 0 Å². The van der Waals surface area contributed by atoms with E-state index in [1.807, 2.05) is 19.1 Å². The first-order valence-electron chi connectivity index (χ1n) is 5.88. The van der Waals surface area contributed by atoms with Crippen molar-refractivity contribution in [1.29, 1.82) is 0 Å². The highest BCUT2D eigenvalue weighted by Crippen LogP contribution is 2.32. The molecule has 2 heterocycles. The molecule has 3 rings (SSSR count). The number of aromatic nitrogens is 4. The van der Waals surface area contributed by atoms with Crippen LogP contribution in [0.3, 0.4) is 0 Å². The molecule has 1 aromatic carbocycles. The molecule has 3 aromatic rings. The second-order valence-electron chi connectivity index (χ2n) is 4.15. The Morgan fingerprint density at radius 2 is 2.05 bits per heavy atom. The van der Waals surface area contributed by atoms with Crippen molar-refractivity contribution in [3.05, 3.63) is 28.9 Å². The number of rotatable bonds is 3. The molecule has 0 aliphatic carbocycles. The van der Waals surface area contributed by atoms with Crippen LogP contribution in [0.1, 0.15) is 5.69 Å². The highest BCUT2D eigenvalue weighted by molar-refractivity contribution is 7.00. The fourth-order valence-electron chi connectivity index (χ4n) is 1.82. The van der Waals surface area contributed by atoms with Crippen molar-refractivity contribution in [3.63, 3.8) is 0 Å². The van der Waals surface area contributed by atoms with Gasteiger partial charge in [0, 0.05) is 18.8 Å². The molecule has 2 aromatic heterocycles. The van der Waals surface area contributed by atoms with E-state index in [1.54, 1.807) is 13.1 Å². The predicted molar refractivity (Wildman–Crippen MR) is 82.0 cm³/mol. The SMILES string of the molecule is CNc1nc(C)cc(Nc2c(Cl)ccc3nsnc23)n1. The molecule has 0 spiro atoms. The van der Waals surface area contributed by atoms with Crippen LogP contribution in [0.25, 0.3) is 11.0 Å². The molecule has 0 saturated carbocycles. The first kappa shape index (κ1) is 13.0. The lowest BCUT2D eigenvalue weighted by molar-refractivity contribution is 1.10. The summed E-state index contributed by atoms with van der Waals surface area (Å²) in [5.41, 5.74) is 3.11. The maximum atomic E-state index is 6.24. The maximum absolute atomic E-state index is 6.24. The Labute approximate surface area is 124 Å². The van der Waals surface area contributed by atoms with E-state index in [1.165, 1.54) is 0 Å². The van der Waals surface area contributed by atoms with Crippen LogP contribution in [0.2, 0.25) is 5.02 Å². The molecule has 0 atom stereocenters. The summed E-state index contributed by atoms with van der Waals surface area (Å²) in [7, 11) is 1.77. The fraction of sp³-hybridized carbons (Fsp3) is 0.167. The number of nitrogens with one attached hydrogen (secondary N) is 2. The molecular weight excluding hydrogens is 296 g/mol. The minimum absolute atomic E-state index is 0.548. The third kappa shape index (κ3) is 2.37. The second-order valence-corrected chi connectivity index (χ2v) is 5.08. The van der Waals surface area contributed by atoms with Gasteiger partial charge in [-0.15, -0.1) is 0 Å². The lowest BCUT2D eigenvalue weighted by Gasteiger charge is -2.10. The number of nitrogens with zero attached hydrogens (tertiary/aromatic N) is 4. The molecule has 0 aliphatic rings. The van der Waals surface area contributed by atoms with E-state index in [0.717, 1.165) is 28.5 Å². The van der Waals surface area contributed by atoms with Crippen LogP contribution in [0.15, 0.2) is 18.2 Å². The van der Waals surface area contributed by atoms with Gasteiger partial charge < -0.3 is 10.6 Å². The van der Waals surface area contributed by atoms with E-state index < -0.39 is 0 Å². The number of halogens is 1. The zero-order valence-electron chi connectivity index (χ0n) is 10.8. The zero-order valence-corrected chi connectivity index (χ0v) is 12.4. The monoisotopic (exact) mass is 306 g/mol. The van der Waals surface area contributed by atoms with Crippen LogP contribution in [-0.2, 0) is 0 Å². The van der Waals surface area contributed by atoms with Crippen molar-refractivity contribution >= 4 is 51.8 Å². The first-order valence-corrected chi connectivity index (χ1v) is 6.99. The molecule has 102 valence electrons. The van der Waals surface area contributed by atoms with Crippen molar-refractivity contribution in [2.24, 2.45) is 0 Å². The Kier molecular flexibility index (Phi) is 3.37. The predicted octanol–water partition coefficient (Wildman–Crippen LogP) is 3.23. The van der Waals surface area contributed by atoms with E-state index in [-0.39, 0.29) is 0 Å². The van der Waals surface area contributed by atoms with Crippen molar-refractivity contribution < 1.29 is 0 Å². The molecule has 0 saturated heterocycles. The Balaban J connectivity index is 2.07. The van der Waals surface area contributed by atoms with Crippen molar-refractivity contribution in [2.45, 2.75) is 6.92 Å². The van der Waals surface area contributed by atoms with Gasteiger partial charge in [0.1, 0.15) is 16.9 Å². The Morgan fingerprint density at radius 1 is 1.20 bits per heavy atom. The Hall–Kier alpha value is -1.99. The zero-order chi connectivity index (χ0) is 14.1. The standard InChI is InChI=1S/C12H11ClN6S/c1-6-5-9(17-12(14-2)15-6)16-10-7(13)3-4-8-11(10)19-20-18-8/h3-5H,1-2H3,(H2,14,15,16,17). The van der Waals surface area contributed by atoms with Gasteiger partial charge in [-0.3, -0.25) is 0 Å². The average molecular weight is 307 g/mol. The van der Waals surface area contributed by atoms with Crippen molar-refractivity contribution in [1.82, 2.24) is 18.7 Å². The number of hydrogen-bond donors (Lipinski definition) is 2. The van der Waals surface area contributed by atoms with Gasteiger partial charge in [0.05, 0.1) is 22.4 Å².